The van der Waals surface area contributed by atoms with E-state index in [0.717, 1.165) is 28.2 Å². The van der Waals surface area contributed by atoms with E-state index in [1.807, 2.05) is 35.7 Å². The average molecular weight is 322 g/mol. The van der Waals surface area contributed by atoms with Crippen molar-refractivity contribution in [3.8, 4) is 17.2 Å². The van der Waals surface area contributed by atoms with Gasteiger partial charge >= 0.3 is 0 Å². The Bertz CT molecular complexity index is 810. The predicted octanol–water partition coefficient (Wildman–Crippen LogP) is 4.97. The van der Waals surface area contributed by atoms with E-state index in [1.54, 1.807) is 6.08 Å². The zero-order chi connectivity index (χ0) is 16.4. The molecule has 2 aromatic rings. The summed E-state index contributed by atoms with van der Waals surface area (Å²) in [6.07, 6.45) is 3.06. The highest BCUT2D eigenvalue weighted by atomic mass is 32.1. The molecule has 1 aromatic heterocycles. The molecular weight excluding hydrogens is 304 g/mol. The molecule has 0 radical (unpaired) electrons. The topological polar surface area (TPSA) is 52.9 Å². The van der Waals surface area contributed by atoms with E-state index in [1.165, 1.54) is 11.3 Å². The highest BCUT2D eigenvalue weighted by Crippen LogP contribution is 2.38. The van der Waals surface area contributed by atoms with Gasteiger partial charge in [0.2, 0.25) is 0 Å². The van der Waals surface area contributed by atoms with E-state index < -0.39 is 0 Å². The predicted molar refractivity (Wildman–Crippen MR) is 94.2 cm³/mol. The maximum Gasteiger partial charge on any atom is 0.157 e. The second-order valence-electron chi connectivity index (χ2n) is 6.61. The Morgan fingerprint density at radius 1 is 1.22 bits per heavy atom. The number of nitriles is 1. The normalized spacial score (nSPS) is 16.6. The van der Waals surface area contributed by atoms with E-state index in [9.17, 15) is 10.1 Å². The van der Waals surface area contributed by atoms with Gasteiger partial charge in [0.05, 0.1) is 5.56 Å². The van der Waals surface area contributed by atoms with Crippen molar-refractivity contribution < 1.29 is 4.79 Å². The molecule has 0 atom stereocenters. The number of hydrogen-bond donors (Lipinski definition) is 1. The lowest BCUT2D eigenvalue weighted by Crippen LogP contribution is -2.24. The van der Waals surface area contributed by atoms with E-state index >= 15 is 0 Å². The number of carbonyl (C=O) groups excluding carboxylic acids is 1. The summed E-state index contributed by atoms with van der Waals surface area (Å²) in [5, 5.41) is 15.7. The minimum atomic E-state index is -0.0412. The van der Waals surface area contributed by atoms with Crippen LogP contribution in [0.15, 0.2) is 47.5 Å². The molecule has 1 aliphatic carbocycles. The van der Waals surface area contributed by atoms with Crippen LogP contribution in [-0.2, 0) is 4.79 Å². The van der Waals surface area contributed by atoms with Crippen LogP contribution in [0.25, 0.3) is 11.1 Å². The zero-order valence-corrected chi connectivity index (χ0v) is 14.0. The standard InChI is InChI=1S/C19H18N2OS/c1-19(2)9-14(8-15(22)10-19)21-18-16(11-20)17(12-23-18)13-6-4-3-5-7-13/h3-8,12,21H,9-10H2,1-2H3. The molecule has 0 bridgehead atoms. The molecule has 1 heterocycles. The Hall–Kier alpha value is -2.38. The van der Waals surface area contributed by atoms with Gasteiger partial charge in [-0.3, -0.25) is 4.79 Å². The van der Waals surface area contributed by atoms with Crippen LogP contribution in [0.1, 0.15) is 32.3 Å². The van der Waals surface area contributed by atoms with Gasteiger partial charge in [0.25, 0.3) is 0 Å². The van der Waals surface area contributed by atoms with Gasteiger partial charge in [-0.15, -0.1) is 11.3 Å². The van der Waals surface area contributed by atoms with E-state index in [4.69, 9.17) is 0 Å². The summed E-state index contributed by atoms with van der Waals surface area (Å²) >= 11 is 1.50. The molecule has 0 spiro atoms. The number of nitrogens with zero attached hydrogens (tertiary/aromatic N) is 1. The monoisotopic (exact) mass is 322 g/mol. The summed E-state index contributed by atoms with van der Waals surface area (Å²) in [7, 11) is 0. The number of anilines is 1. The summed E-state index contributed by atoms with van der Waals surface area (Å²) in [5.41, 5.74) is 3.45. The van der Waals surface area contributed by atoms with Crippen molar-refractivity contribution in [3.63, 3.8) is 0 Å². The summed E-state index contributed by atoms with van der Waals surface area (Å²) in [5.74, 6) is 0.141. The van der Waals surface area contributed by atoms with Crippen molar-refractivity contribution in [2.45, 2.75) is 26.7 Å². The Balaban J connectivity index is 1.92. The van der Waals surface area contributed by atoms with Gasteiger partial charge in [-0.2, -0.15) is 5.26 Å². The van der Waals surface area contributed by atoms with Crippen molar-refractivity contribution in [2.75, 3.05) is 5.32 Å². The van der Waals surface area contributed by atoms with Crippen LogP contribution >= 0.6 is 11.3 Å². The number of hydrogen-bond acceptors (Lipinski definition) is 4. The fourth-order valence-corrected chi connectivity index (χ4v) is 3.92. The van der Waals surface area contributed by atoms with Crippen LogP contribution in [-0.4, -0.2) is 5.78 Å². The zero-order valence-electron chi connectivity index (χ0n) is 13.2. The minimum absolute atomic E-state index is 0.0412. The van der Waals surface area contributed by atoms with Gasteiger partial charge in [0, 0.05) is 29.1 Å². The van der Waals surface area contributed by atoms with Crippen LogP contribution in [0, 0.1) is 16.7 Å². The van der Waals surface area contributed by atoms with Crippen LogP contribution < -0.4 is 5.32 Å². The molecule has 1 aromatic carbocycles. The van der Waals surface area contributed by atoms with Gasteiger partial charge < -0.3 is 5.32 Å². The van der Waals surface area contributed by atoms with E-state index in [2.05, 4.69) is 25.2 Å². The fraction of sp³-hybridized carbons (Fsp3) is 0.263. The van der Waals surface area contributed by atoms with Crippen molar-refractivity contribution in [1.82, 2.24) is 0 Å². The molecule has 0 aliphatic heterocycles. The van der Waals surface area contributed by atoms with Crippen molar-refractivity contribution in [2.24, 2.45) is 5.41 Å². The van der Waals surface area contributed by atoms with Gasteiger partial charge in [0.15, 0.2) is 5.78 Å². The number of nitrogens with one attached hydrogen (secondary N) is 1. The molecule has 0 fully saturated rings. The maximum absolute atomic E-state index is 11.9. The van der Waals surface area contributed by atoms with Crippen molar-refractivity contribution in [3.05, 3.63) is 53.0 Å². The molecule has 116 valence electrons. The molecule has 23 heavy (non-hydrogen) atoms. The number of rotatable bonds is 3. The van der Waals surface area contributed by atoms with Gasteiger partial charge in [-0.05, 0) is 17.4 Å². The van der Waals surface area contributed by atoms with Crippen LogP contribution in [0.2, 0.25) is 0 Å². The molecule has 3 nitrogen and oxygen atoms in total. The Kier molecular flexibility index (Phi) is 4.06. The van der Waals surface area contributed by atoms with Gasteiger partial charge in [-0.25, -0.2) is 0 Å². The molecule has 0 saturated carbocycles. The Morgan fingerprint density at radius 3 is 2.61 bits per heavy atom. The fourth-order valence-electron chi connectivity index (χ4n) is 2.96. The maximum atomic E-state index is 11.9. The highest BCUT2D eigenvalue weighted by molar-refractivity contribution is 7.15. The number of carbonyl (C=O) groups is 1. The third-order valence-corrected chi connectivity index (χ3v) is 4.81. The van der Waals surface area contributed by atoms with Gasteiger partial charge in [-0.1, -0.05) is 44.2 Å². The van der Waals surface area contributed by atoms with Crippen LogP contribution in [0.5, 0.6) is 0 Å². The quantitative estimate of drug-likeness (QED) is 0.868. The lowest BCUT2D eigenvalue weighted by molar-refractivity contribution is -0.117. The van der Waals surface area contributed by atoms with E-state index in [-0.39, 0.29) is 11.2 Å². The second kappa shape index (κ2) is 6.02. The first-order chi connectivity index (χ1) is 11.0. The number of allylic oxidation sites excluding steroid dienone is 2. The molecule has 3 rings (SSSR count). The summed E-state index contributed by atoms with van der Waals surface area (Å²) in [6, 6.07) is 12.2. The molecule has 0 saturated heterocycles. The summed E-state index contributed by atoms with van der Waals surface area (Å²) in [4.78, 5) is 11.9. The van der Waals surface area contributed by atoms with Crippen molar-refractivity contribution in [1.29, 1.82) is 5.26 Å². The largest absolute Gasteiger partial charge is 0.349 e. The summed E-state index contributed by atoms with van der Waals surface area (Å²) < 4.78 is 0. The number of thiophene rings is 1. The number of ketones is 1. The third-order valence-electron chi connectivity index (χ3n) is 3.92. The third kappa shape index (κ3) is 3.35. The lowest BCUT2D eigenvalue weighted by Gasteiger charge is -2.29. The van der Waals surface area contributed by atoms with Gasteiger partial charge in [0.1, 0.15) is 11.1 Å². The first-order valence-corrected chi connectivity index (χ1v) is 8.44. The molecule has 4 heteroatoms. The van der Waals surface area contributed by atoms with E-state index in [0.29, 0.717) is 12.0 Å². The smallest absolute Gasteiger partial charge is 0.157 e. The Morgan fingerprint density at radius 2 is 1.96 bits per heavy atom. The SMILES string of the molecule is CC1(C)CC(=O)C=C(Nc2scc(-c3ccccc3)c2C#N)C1. The molecule has 0 unspecified atom stereocenters. The highest BCUT2D eigenvalue weighted by Gasteiger charge is 2.28. The number of benzene rings is 1. The lowest BCUT2D eigenvalue weighted by atomic mass is 9.79. The average Bonchev–Trinajstić information content (AvgIpc) is 2.88. The first-order valence-electron chi connectivity index (χ1n) is 7.56. The van der Waals surface area contributed by atoms with Crippen LogP contribution in [0.4, 0.5) is 5.00 Å². The molecule has 1 N–H and O–H groups in total. The Labute approximate surface area is 140 Å². The summed E-state index contributed by atoms with van der Waals surface area (Å²) in [6.45, 7) is 4.18. The second-order valence-corrected chi connectivity index (χ2v) is 7.49. The molecule has 0 amide bonds. The molecule has 1 aliphatic rings. The first kappa shape index (κ1) is 15.5. The minimum Gasteiger partial charge on any atom is -0.349 e. The van der Waals surface area contributed by atoms with Crippen LogP contribution in [0.3, 0.4) is 0 Å². The molecular formula is C19H18N2OS. The van der Waals surface area contributed by atoms with Crippen molar-refractivity contribution >= 4 is 22.1 Å².